The van der Waals surface area contributed by atoms with Crippen LogP contribution in [-0.2, 0) is 0 Å². The topological polar surface area (TPSA) is 28.4 Å². The summed E-state index contributed by atoms with van der Waals surface area (Å²) in [6.45, 7) is 6.80. The van der Waals surface area contributed by atoms with Crippen molar-refractivity contribution >= 4 is 0 Å². The number of rotatable bonds is 6. The minimum Gasteiger partial charge on any atom is -0.472 e. The van der Waals surface area contributed by atoms with Gasteiger partial charge in [0.15, 0.2) is 0 Å². The molecule has 1 aliphatic rings. The van der Waals surface area contributed by atoms with E-state index in [-0.39, 0.29) is 0 Å². The molecule has 0 bridgehead atoms. The minimum atomic E-state index is 0.558. The first-order valence-corrected chi connectivity index (χ1v) is 6.88. The van der Waals surface area contributed by atoms with Gasteiger partial charge < -0.3 is 9.73 Å². The Bertz CT molecular complexity index is 291. The van der Waals surface area contributed by atoms with E-state index in [4.69, 9.17) is 4.42 Å². The molecule has 1 saturated heterocycles. The van der Waals surface area contributed by atoms with Crippen LogP contribution in [0.25, 0.3) is 0 Å². The lowest BCUT2D eigenvalue weighted by Gasteiger charge is -2.34. The van der Waals surface area contributed by atoms with Crippen molar-refractivity contribution in [3.8, 4) is 0 Å². The average Bonchev–Trinajstić information content (AvgIpc) is 2.89. The smallest absolute Gasteiger partial charge is 0.0950 e. The van der Waals surface area contributed by atoms with Crippen LogP contribution in [0.5, 0.6) is 0 Å². The van der Waals surface area contributed by atoms with Gasteiger partial charge in [-0.2, -0.15) is 0 Å². The summed E-state index contributed by atoms with van der Waals surface area (Å²) in [5.41, 5.74) is 1.35. The van der Waals surface area contributed by atoms with E-state index in [1.54, 1.807) is 6.26 Å². The Morgan fingerprint density at radius 1 is 1.35 bits per heavy atom. The molecule has 96 valence electrons. The fraction of sp³-hybridized carbons (Fsp3) is 0.714. The summed E-state index contributed by atoms with van der Waals surface area (Å²) in [7, 11) is 0. The van der Waals surface area contributed by atoms with E-state index >= 15 is 0 Å². The van der Waals surface area contributed by atoms with Crippen LogP contribution in [0.2, 0.25) is 0 Å². The second-order valence-electron chi connectivity index (χ2n) is 4.85. The lowest BCUT2D eigenvalue weighted by molar-refractivity contribution is 0.162. The average molecular weight is 236 g/mol. The molecule has 2 heterocycles. The molecule has 1 N–H and O–H groups in total. The van der Waals surface area contributed by atoms with E-state index in [1.165, 1.54) is 31.2 Å². The maximum atomic E-state index is 5.25. The first-order chi connectivity index (χ1) is 8.42. The molecule has 17 heavy (non-hydrogen) atoms. The van der Waals surface area contributed by atoms with Crippen LogP contribution in [0.4, 0.5) is 0 Å². The normalized spacial score (nSPS) is 19.4. The number of unbranched alkanes of at least 4 members (excludes halogenated alkanes) is 2. The first kappa shape index (κ1) is 12.7. The van der Waals surface area contributed by atoms with Crippen LogP contribution in [0.3, 0.4) is 0 Å². The number of hydrogen-bond donors (Lipinski definition) is 1. The van der Waals surface area contributed by atoms with Gasteiger partial charge in [0.2, 0.25) is 0 Å². The molecule has 1 aromatic heterocycles. The third-order valence-corrected chi connectivity index (χ3v) is 3.60. The van der Waals surface area contributed by atoms with Gasteiger partial charge in [-0.25, -0.2) is 0 Å². The van der Waals surface area contributed by atoms with Gasteiger partial charge in [-0.05, 0) is 12.5 Å². The Labute approximate surface area is 104 Å². The zero-order valence-corrected chi connectivity index (χ0v) is 10.8. The van der Waals surface area contributed by atoms with Crippen molar-refractivity contribution in [2.75, 3.05) is 26.2 Å². The van der Waals surface area contributed by atoms with E-state index < -0.39 is 0 Å². The zero-order chi connectivity index (χ0) is 11.9. The molecule has 2 rings (SSSR count). The van der Waals surface area contributed by atoms with E-state index in [0.29, 0.717) is 6.04 Å². The zero-order valence-electron chi connectivity index (χ0n) is 10.8. The van der Waals surface area contributed by atoms with Crippen LogP contribution in [0, 0.1) is 0 Å². The molecular formula is C14H24N2O. The van der Waals surface area contributed by atoms with Gasteiger partial charge >= 0.3 is 0 Å². The van der Waals surface area contributed by atoms with Crippen molar-refractivity contribution < 1.29 is 4.42 Å². The van der Waals surface area contributed by atoms with E-state index in [2.05, 4.69) is 23.2 Å². The molecule has 0 radical (unpaired) electrons. The van der Waals surface area contributed by atoms with Gasteiger partial charge in [0, 0.05) is 37.8 Å². The lowest BCUT2D eigenvalue weighted by atomic mass is 10.0. The largest absolute Gasteiger partial charge is 0.472 e. The second-order valence-corrected chi connectivity index (χ2v) is 4.85. The summed E-state index contributed by atoms with van der Waals surface area (Å²) in [6.07, 6.45) is 8.91. The number of furan rings is 1. The van der Waals surface area contributed by atoms with Crippen LogP contribution in [0.1, 0.15) is 44.2 Å². The SMILES string of the molecule is CCCCC[C@H](c1ccoc1)N1CCNCC1. The monoisotopic (exact) mass is 236 g/mol. The highest BCUT2D eigenvalue weighted by Gasteiger charge is 2.22. The fourth-order valence-electron chi connectivity index (χ4n) is 2.61. The summed E-state index contributed by atoms with van der Waals surface area (Å²) in [6, 6.07) is 2.68. The van der Waals surface area contributed by atoms with Crippen molar-refractivity contribution in [3.63, 3.8) is 0 Å². The highest BCUT2D eigenvalue weighted by atomic mass is 16.3. The molecule has 0 unspecified atom stereocenters. The molecule has 0 aromatic carbocycles. The molecule has 0 saturated carbocycles. The Balaban J connectivity index is 1.96. The number of piperazine rings is 1. The van der Waals surface area contributed by atoms with Gasteiger partial charge in [-0.3, -0.25) is 4.90 Å². The van der Waals surface area contributed by atoms with Crippen molar-refractivity contribution in [2.24, 2.45) is 0 Å². The molecule has 0 spiro atoms. The van der Waals surface area contributed by atoms with Gasteiger partial charge in [0.1, 0.15) is 0 Å². The van der Waals surface area contributed by atoms with Gasteiger partial charge in [-0.15, -0.1) is 0 Å². The maximum absolute atomic E-state index is 5.25. The Morgan fingerprint density at radius 3 is 2.82 bits per heavy atom. The van der Waals surface area contributed by atoms with Gasteiger partial charge in [-0.1, -0.05) is 26.2 Å². The van der Waals surface area contributed by atoms with Gasteiger partial charge in [0.05, 0.1) is 12.5 Å². The third kappa shape index (κ3) is 3.58. The summed E-state index contributed by atoms with van der Waals surface area (Å²) in [5, 5.41) is 3.42. The molecule has 0 aliphatic carbocycles. The van der Waals surface area contributed by atoms with Crippen LogP contribution in [0.15, 0.2) is 23.0 Å². The summed E-state index contributed by atoms with van der Waals surface area (Å²) < 4.78 is 5.25. The van der Waals surface area contributed by atoms with Crippen molar-refractivity contribution in [3.05, 3.63) is 24.2 Å². The molecular weight excluding hydrogens is 212 g/mol. The van der Waals surface area contributed by atoms with Crippen LogP contribution >= 0.6 is 0 Å². The molecule has 1 fully saturated rings. The summed E-state index contributed by atoms with van der Waals surface area (Å²) >= 11 is 0. The van der Waals surface area contributed by atoms with E-state index in [1.807, 2.05) is 6.26 Å². The van der Waals surface area contributed by atoms with Crippen LogP contribution in [-0.4, -0.2) is 31.1 Å². The molecule has 0 amide bonds. The number of nitrogens with zero attached hydrogens (tertiary/aromatic N) is 1. The van der Waals surface area contributed by atoms with Crippen molar-refractivity contribution in [2.45, 2.75) is 38.6 Å². The molecule has 1 aromatic rings. The Hall–Kier alpha value is -0.800. The summed E-state index contributed by atoms with van der Waals surface area (Å²) in [4.78, 5) is 2.59. The predicted molar refractivity (Wildman–Crippen MR) is 70.0 cm³/mol. The molecule has 3 heteroatoms. The van der Waals surface area contributed by atoms with Gasteiger partial charge in [0.25, 0.3) is 0 Å². The Kier molecular flexibility index (Phi) is 5.08. The molecule has 1 aliphatic heterocycles. The van der Waals surface area contributed by atoms with E-state index in [0.717, 1.165) is 26.2 Å². The second kappa shape index (κ2) is 6.82. The first-order valence-electron chi connectivity index (χ1n) is 6.88. The number of nitrogens with one attached hydrogen (secondary N) is 1. The highest BCUT2D eigenvalue weighted by Crippen LogP contribution is 2.27. The molecule has 3 nitrogen and oxygen atoms in total. The highest BCUT2D eigenvalue weighted by molar-refractivity contribution is 5.12. The summed E-state index contributed by atoms with van der Waals surface area (Å²) in [5.74, 6) is 0. The van der Waals surface area contributed by atoms with E-state index in [9.17, 15) is 0 Å². The van der Waals surface area contributed by atoms with Crippen molar-refractivity contribution in [1.82, 2.24) is 10.2 Å². The number of hydrogen-bond acceptors (Lipinski definition) is 3. The maximum Gasteiger partial charge on any atom is 0.0950 e. The quantitative estimate of drug-likeness (QED) is 0.770. The fourth-order valence-corrected chi connectivity index (χ4v) is 2.61. The lowest BCUT2D eigenvalue weighted by Crippen LogP contribution is -2.45. The van der Waals surface area contributed by atoms with Crippen LogP contribution < -0.4 is 5.32 Å². The standard InChI is InChI=1S/C14H24N2O/c1-2-3-4-5-14(13-6-11-17-12-13)16-9-7-15-8-10-16/h6,11-12,14-15H,2-5,7-10H2,1H3/t14-/m1/s1. The Morgan fingerprint density at radius 2 is 2.18 bits per heavy atom. The van der Waals surface area contributed by atoms with Crippen molar-refractivity contribution in [1.29, 1.82) is 0 Å². The molecule has 1 atom stereocenters. The third-order valence-electron chi connectivity index (χ3n) is 3.60. The predicted octanol–water partition coefficient (Wildman–Crippen LogP) is 2.81. The minimum absolute atomic E-state index is 0.558.